The number of carbonyl (C=O) groups excluding carboxylic acids is 1. The van der Waals surface area contributed by atoms with Crippen molar-refractivity contribution in [3.8, 4) is 17.4 Å². The summed E-state index contributed by atoms with van der Waals surface area (Å²) < 4.78 is 12.6. The number of hydrogen-bond donors (Lipinski definition) is 2. The summed E-state index contributed by atoms with van der Waals surface area (Å²) in [5.74, 6) is 1.76. The Kier molecular flexibility index (Phi) is 8.14. The van der Waals surface area contributed by atoms with Gasteiger partial charge in [0.2, 0.25) is 17.7 Å². The van der Waals surface area contributed by atoms with Gasteiger partial charge < -0.3 is 20.1 Å². The number of hydrogen-bond acceptors (Lipinski definition) is 8. The van der Waals surface area contributed by atoms with Gasteiger partial charge in [-0.1, -0.05) is 32.6 Å². The summed E-state index contributed by atoms with van der Waals surface area (Å²) in [6.07, 6.45) is 1.22. The molecule has 2 aromatic carbocycles. The molecule has 0 aliphatic rings. The van der Waals surface area contributed by atoms with Crippen molar-refractivity contribution in [3.05, 3.63) is 72.1 Å². The molecule has 0 unspecified atom stereocenters. The molecule has 2 N–H and O–H groups in total. The van der Waals surface area contributed by atoms with E-state index in [2.05, 4.69) is 52.0 Å². The van der Waals surface area contributed by atoms with E-state index in [4.69, 9.17) is 9.47 Å². The zero-order valence-electron chi connectivity index (χ0n) is 20.6. The van der Waals surface area contributed by atoms with Crippen LogP contribution in [0.2, 0.25) is 0 Å². The quantitative estimate of drug-likeness (QED) is 0.236. The monoisotopic (exact) mass is 503 g/mol. The van der Waals surface area contributed by atoms with E-state index < -0.39 is 0 Å². The molecule has 0 saturated carbocycles. The number of aromatic nitrogens is 2. The number of carbonyl (C=O) groups is 1. The highest BCUT2D eigenvalue weighted by molar-refractivity contribution is 7.17. The maximum absolute atomic E-state index is 11.7. The zero-order chi connectivity index (χ0) is 25.5. The van der Waals surface area contributed by atoms with Crippen molar-refractivity contribution in [2.45, 2.75) is 20.4 Å². The highest BCUT2D eigenvalue weighted by Crippen LogP contribution is 2.35. The van der Waals surface area contributed by atoms with Crippen molar-refractivity contribution in [2.75, 3.05) is 30.8 Å². The van der Waals surface area contributed by atoms with E-state index in [1.54, 1.807) is 31.4 Å². The van der Waals surface area contributed by atoms with Gasteiger partial charge in [-0.25, -0.2) is 4.98 Å². The Bertz CT molecular complexity index is 1370. The smallest absolute Gasteiger partial charge is 0.247 e. The van der Waals surface area contributed by atoms with Crippen LogP contribution in [0, 0.1) is 0 Å². The van der Waals surface area contributed by atoms with Gasteiger partial charge in [-0.2, -0.15) is 4.98 Å². The molecule has 0 aliphatic carbocycles. The first kappa shape index (κ1) is 25.2. The summed E-state index contributed by atoms with van der Waals surface area (Å²) >= 11 is 1.50. The minimum Gasteiger partial charge on any atom is -0.495 e. The minimum atomic E-state index is -0.293. The fraction of sp³-hybridized carbons (Fsp3) is 0.222. The second-order valence-corrected chi connectivity index (χ2v) is 8.85. The van der Waals surface area contributed by atoms with Gasteiger partial charge in [-0.05, 0) is 60.4 Å². The van der Waals surface area contributed by atoms with E-state index in [9.17, 15) is 4.79 Å². The van der Waals surface area contributed by atoms with Crippen molar-refractivity contribution in [3.63, 3.8) is 0 Å². The Morgan fingerprint density at radius 1 is 1.14 bits per heavy atom. The molecular formula is C27H29N5O3S. The van der Waals surface area contributed by atoms with E-state index in [0.717, 1.165) is 35.5 Å². The molecule has 0 spiro atoms. The molecule has 0 aliphatic heterocycles. The van der Waals surface area contributed by atoms with Crippen LogP contribution in [0.4, 0.5) is 17.3 Å². The van der Waals surface area contributed by atoms with E-state index in [0.29, 0.717) is 29.0 Å². The van der Waals surface area contributed by atoms with Crippen LogP contribution in [-0.2, 0) is 11.3 Å². The lowest BCUT2D eigenvalue weighted by Gasteiger charge is -2.19. The van der Waals surface area contributed by atoms with Crippen LogP contribution in [0.25, 0.3) is 10.2 Å². The second-order valence-electron chi connectivity index (χ2n) is 7.93. The predicted octanol–water partition coefficient (Wildman–Crippen LogP) is 6.20. The standard InChI is InChI=1S/C27H29N5O3S/c1-5-24(33)28-19-9-8-10-20(16-19)35-26-25-22(13-14-36-25)30-27(31-26)29-21-12-11-18(15-23(21)34-4)17-32(6-2)7-3/h5,8-16H,1,6-7,17H2,2-4H3,(H,28,33)(H,29,30,31). The first-order chi connectivity index (χ1) is 17.5. The molecule has 4 rings (SSSR count). The van der Waals surface area contributed by atoms with Crippen LogP contribution in [0.3, 0.4) is 0 Å². The van der Waals surface area contributed by atoms with Gasteiger partial charge in [0.05, 0.1) is 18.3 Å². The number of thiophene rings is 1. The van der Waals surface area contributed by atoms with Gasteiger partial charge >= 0.3 is 0 Å². The maximum Gasteiger partial charge on any atom is 0.247 e. The third-order valence-electron chi connectivity index (χ3n) is 5.59. The molecule has 0 radical (unpaired) electrons. The van der Waals surface area contributed by atoms with Crippen LogP contribution in [0.5, 0.6) is 17.4 Å². The Hall–Kier alpha value is -3.95. The molecule has 4 aromatic rings. The molecule has 36 heavy (non-hydrogen) atoms. The average Bonchev–Trinajstić information content (AvgIpc) is 3.37. The number of fused-ring (bicyclic) bond motifs is 1. The number of nitrogens with zero attached hydrogens (tertiary/aromatic N) is 3. The van der Waals surface area contributed by atoms with Crippen LogP contribution < -0.4 is 20.1 Å². The third kappa shape index (κ3) is 5.99. The summed E-state index contributed by atoms with van der Waals surface area (Å²) in [5.41, 5.74) is 3.29. The molecule has 2 heterocycles. The highest BCUT2D eigenvalue weighted by Gasteiger charge is 2.14. The molecule has 0 bridgehead atoms. The van der Waals surface area contributed by atoms with Crippen LogP contribution >= 0.6 is 11.3 Å². The molecule has 9 heteroatoms. The normalized spacial score (nSPS) is 10.9. The number of ether oxygens (including phenoxy) is 2. The fourth-order valence-corrected chi connectivity index (χ4v) is 4.42. The average molecular weight is 504 g/mol. The van der Waals surface area contributed by atoms with Gasteiger partial charge in [0.1, 0.15) is 16.2 Å². The minimum absolute atomic E-state index is 0.293. The molecule has 1 amide bonds. The summed E-state index contributed by atoms with van der Waals surface area (Å²) in [6, 6.07) is 15.1. The number of methoxy groups -OCH3 is 1. The molecule has 186 valence electrons. The van der Waals surface area contributed by atoms with Crippen LogP contribution in [0.1, 0.15) is 19.4 Å². The largest absolute Gasteiger partial charge is 0.495 e. The van der Waals surface area contributed by atoms with E-state index in [1.165, 1.54) is 23.0 Å². The molecule has 2 aromatic heterocycles. The topological polar surface area (TPSA) is 88.6 Å². The molecule has 8 nitrogen and oxygen atoms in total. The van der Waals surface area contributed by atoms with Crippen molar-refractivity contribution < 1.29 is 14.3 Å². The van der Waals surface area contributed by atoms with Crippen LogP contribution in [0.15, 0.2) is 66.6 Å². The lowest BCUT2D eigenvalue weighted by Crippen LogP contribution is -2.22. The third-order valence-corrected chi connectivity index (χ3v) is 6.48. The van der Waals surface area contributed by atoms with Gasteiger partial charge in [0.25, 0.3) is 0 Å². The Labute approximate surface area is 214 Å². The fourth-order valence-electron chi connectivity index (χ4n) is 3.67. The number of rotatable bonds is 11. The van der Waals surface area contributed by atoms with Crippen LogP contribution in [-0.4, -0.2) is 41.0 Å². The summed E-state index contributed by atoms with van der Waals surface area (Å²) in [7, 11) is 1.65. The Balaban J connectivity index is 1.60. The second kappa shape index (κ2) is 11.7. The van der Waals surface area contributed by atoms with Gasteiger partial charge in [-0.15, -0.1) is 11.3 Å². The van der Waals surface area contributed by atoms with Gasteiger partial charge in [0.15, 0.2) is 0 Å². The lowest BCUT2D eigenvalue weighted by molar-refractivity contribution is -0.111. The van der Waals surface area contributed by atoms with Gasteiger partial charge in [0, 0.05) is 18.3 Å². The van der Waals surface area contributed by atoms with E-state index >= 15 is 0 Å². The number of benzene rings is 2. The van der Waals surface area contributed by atoms with Crippen molar-refractivity contribution in [1.29, 1.82) is 0 Å². The van der Waals surface area contributed by atoms with Crippen molar-refractivity contribution in [2.24, 2.45) is 0 Å². The first-order valence-corrected chi connectivity index (χ1v) is 12.5. The van der Waals surface area contributed by atoms with Crippen molar-refractivity contribution >= 4 is 44.8 Å². The SMILES string of the molecule is C=CC(=O)Nc1cccc(Oc2nc(Nc3ccc(CN(CC)CC)cc3OC)nc3ccsc23)c1. The van der Waals surface area contributed by atoms with E-state index in [-0.39, 0.29) is 5.91 Å². The number of anilines is 3. The lowest BCUT2D eigenvalue weighted by atomic mass is 10.1. The van der Waals surface area contributed by atoms with Crippen molar-refractivity contribution in [1.82, 2.24) is 14.9 Å². The molecule has 0 atom stereocenters. The summed E-state index contributed by atoms with van der Waals surface area (Å²) in [5, 5.41) is 7.96. The molecular weight excluding hydrogens is 474 g/mol. The highest BCUT2D eigenvalue weighted by atomic mass is 32.1. The Morgan fingerprint density at radius 3 is 2.72 bits per heavy atom. The Morgan fingerprint density at radius 2 is 1.97 bits per heavy atom. The molecule has 0 saturated heterocycles. The first-order valence-electron chi connectivity index (χ1n) is 11.7. The summed E-state index contributed by atoms with van der Waals surface area (Å²) in [4.78, 5) is 23.3. The van der Waals surface area contributed by atoms with Gasteiger partial charge in [-0.3, -0.25) is 9.69 Å². The molecule has 0 fully saturated rings. The predicted molar refractivity (Wildman–Crippen MR) is 146 cm³/mol. The zero-order valence-corrected chi connectivity index (χ0v) is 21.4. The summed E-state index contributed by atoms with van der Waals surface area (Å²) in [6.45, 7) is 10.6. The van der Waals surface area contributed by atoms with E-state index in [1.807, 2.05) is 23.6 Å². The number of amides is 1. The maximum atomic E-state index is 11.7. The number of nitrogens with one attached hydrogen (secondary N) is 2.